The minimum absolute atomic E-state index is 0.0604. The van der Waals surface area contributed by atoms with Crippen LogP contribution in [-0.2, 0) is 19.6 Å². The first kappa shape index (κ1) is 21.5. The molecule has 0 aliphatic rings. The number of hydrogen-bond acceptors (Lipinski definition) is 7. The first-order valence-corrected chi connectivity index (χ1v) is 10.7. The second-order valence-corrected chi connectivity index (χ2v) is 8.00. The van der Waals surface area contributed by atoms with E-state index in [0.29, 0.717) is 24.3 Å². The van der Waals surface area contributed by atoms with Crippen molar-refractivity contribution in [2.75, 3.05) is 0 Å². The summed E-state index contributed by atoms with van der Waals surface area (Å²) < 4.78 is 6.39. The van der Waals surface area contributed by atoms with Crippen molar-refractivity contribution in [3.8, 4) is 0 Å². The smallest absolute Gasteiger partial charge is 0.325 e. The molecule has 0 aliphatic carbocycles. The van der Waals surface area contributed by atoms with Gasteiger partial charge in [-0.05, 0) is 42.1 Å². The maximum absolute atomic E-state index is 12.4. The summed E-state index contributed by atoms with van der Waals surface area (Å²) in [7, 11) is 0. The second kappa shape index (κ2) is 9.20. The molecule has 2 aromatic heterocycles. The van der Waals surface area contributed by atoms with E-state index >= 15 is 0 Å². The number of fused-ring (bicyclic) bond motifs is 1. The number of aromatic amines is 1. The van der Waals surface area contributed by atoms with Crippen molar-refractivity contribution in [2.24, 2.45) is 0 Å². The predicted octanol–water partition coefficient (Wildman–Crippen LogP) is 2.66. The molecule has 0 aliphatic heterocycles. The van der Waals surface area contributed by atoms with Gasteiger partial charge >= 0.3 is 5.69 Å². The van der Waals surface area contributed by atoms with E-state index in [1.807, 2.05) is 31.2 Å². The largest absolute Gasteiger partial charge is 0.330 e. The molecule has 0 bridgehead atoms. The molecule has 0 saturated heterocycles. The lowest BCUT2D eigenvalue weighted by atomic mass is 10.1. The zero-order chi connectivity index (χ0) is 22.7. The van der Waals surface area contributed by atoms with Crippen LogP contribution in [0, 0.1) is 10.1 Å². The summed E-state index contributed by atoms with van der Waals surface area (Å²) in [6.45, 7) is 3.36. The highest BCUT2D eigenvalue weighted by Crippen LogP contribution is 2.19. The van der Waals surface area contributed by atoms with Crippen LogP contribution in [0.4, 0.5) is 5.69 Å². The molecular formula is C21H20N6O4S. The summed E-state index contributed by atoms with van der Waals surface area (Å²) in [4.78, 5) is 42.3. The van der Waals surface area contributed by atoms with Crippen molar-refractivity contribution < 1.29 is 4.92 Å². The molecule has 4 aromatic rings. The Morgan fingerprint density at radius 3 is 2.44 bits per heavy atom. The van der Waals surface area contributed by atoms with Crippen molar-refractivity contribution in [3.05, 3.63) is 96.9 Å². The fourth-order valence-corrected chi connectivity index (χ4v) is 3.97. The molecule has 164 valence electrons. The van der Waals surface area contributed by atoms with E-state index in [4.69, 9.17) is 0 Å². The summed E-state index contributed by atoms with van der Waals surface area (Å²) in [6.07, 6.45) is 1.56. The third-order valence-electron chi connectivity index (χ3n) is 4.97. The van der Waals surface area contributed by atoms with Crippen LogP contribution >= 0.6 is 11.9 Å². The van der Waals surface area contributed by atoms with Gasteiger partial charge in [-0.25, -0.2) is 9.78 Å². The van der Waals surface area contributed by atoms with E-state index in [1.165, 1.54) is 28.6 Å². The molecule has 10 nitrogen and oxygen atoms in total. The molecule has 2 aromatic carbocycles. The Bertz CT molecular complexity index is 1370. The Kier molecular flexibility index (Phi) is 6.19. The third-order valence-corrected chi connectivity index (χ3v) is 5.77. The van der Waals surface area contributed by atoms with Gasteiger partial charge in [0.25, 0.3) is 11.2 Å². The number of nitro benzene ring substituents is 1. The number of benzene rings is 2. The average Bonchev–Trinajstić information content (AvgIpc) is 3.23. The molecule has 0 spiro atoms. The van der Waals surface area contributed by atoms with Gasteiger partial charge in [-0.1, -0.05) is 24.3 Å². The van der Waals surface area contributed by atoms with Gasteiger partial charge in [0.15, 0.2) is 11.2 Å². The zero-order valence-corrected chi connectivity index (χ0v) is 18.0. The van der Waals surface area contributed by atoms with Crippen LogP contribution in [0.2, 0.25) is 0 Å². The van der Waals surface area contributed by atoms with Crippen LogP contribution in [0.3, 0.4) is 0 Å². The molecule has 0 fully saturated rings. The lowest BCUT2D eigenvalue weighted by Crippen LogP contribution is -2.31. The fraction of sp³-hybridized carbons (Fsp3) is 0.190. The van der Waals surface area contributed by atoms with Gasteiger partial charge in [-0.3, -0.25) is 29.2 Å². The Labute approximate surface area is 186 Å². The number of nitrogens with zero attached hydrogens (tertiary/aromatic N) is 4. The van der Waals surface area contributed by atoms with Gasteiger partial charge in [0.05, 0.1) is 17.8 Å². The Morgan fingerprint density at radius 2 is 1.78 bits per heavy atom. The summed E-state index contributed by atoms with van der Waals surface area (Å²) in [6, 6.07) is 14.1. The maximum atomic E-state index is 12.4. The van der Waals surface area contributed by atoms with Gasteiger partial charge in [0.2, 0.25) is 0 Å². The summed E-state index contributed by atoms with van der Waals surface area (Å²) in [5, 5.41) is 10.7. The molecule has 2 heterocycles. The lowest BCUT2D eigenvalue weighted by molar-refractivity contribution is -0.384. The minimum atomic E-state index is -0.492. The number of H-pyrrole nitrogens is 1. The standard InChI is InChI=1S/C21H20N6O4S/c1-2-25-13-22-19-18(25)20(28)24-21(29)26(19)12-15-5-3-14(4-6-15)11-23-32-17-9-7-16(8-10-17)27(30)31/h3-10,13,23H,2,11-12H2,1H3,(H,24,28,29). The maximum Gasteiger partial charge on any atom is 0.330 e. The Hall–Kier alpha value is -3.70. The van der Waals surface area contributed by atoms with Crippen LogP contribution in [0.1, 0.15) is 18.1 Å². The minimum Gasteiger partial charge on any atom is -0.325 e. The van der Waals surface area contributed by atoms with Crippen LogP contribution in [0.5, 0.6) is 0 Å². The molecule has 0 radical (unpaired) electrons. The second-order valence-electron chi connectivity index (χ2n) is 7.04. The summed E-state index contributed by atoms with van der Waals surface area (Å²) in [5.41, 5.74) is 1.82. The number of nitrogens with one attached hydrogen (secondary N) is 2. The van der Waals surface area contributed by atoms with Gasteiger partial charge < -0.3 is 4.57 Å². The van der Waals surface area contributed by atoms with E-state index in [1.54, 1.807) is 23.0 Å². The number of aromatic nitrogens is 4. The quantitative estimate of drug-likeness (QED) is 0.239. The Balaban J connectivity index is 1.42. The SMILES string of the molecule is CCn1cnc2c1c(=O)[nH]c(=O)n2Cc1ccc(CNSc2ccc([N+](=O)[O-])cc2)cc1. The Morgan fingerprint density at radius 1 is 1.09 bits per heavy atom. The van der Waals surface area contributed by atoms with Crippen molar-refractivity contribution in [2.45, 2.75) is 31.5 Å². The highest BCUT2D eigenvalue weighted by atomic mass is 32.2. The van der Waals surface area contributed by atoms with Crippen molar-refractivity contribution in [1.82, 2.24) is 23.8 Å². The van der Waals surface area contributed by atoms with Crippen LogP contribution in [0.15, 0.2) is 69.3 Å². The average molecular weight is 452 g/mol. The predicted molar refractivity (Wildman–Crippen MR) is 122 cm³/mol. The highest BCUT2D eigenvalue weighted by molar-refractivity contribution is 7.97. The fourth-order valence-electron chi connectivity index (χ4n) is 3.29. The number of non-ortho nitro benzene ring substituents is 1. The molecule has 0 unspecified atom stereocenters. The summed E-state index contributed by atoms with van der Waals surface area (Å²) in [5.74, 6) is 0. The summed E-state index contributed by atoms with van der Waals surface area (Å²) >= 11 is 1.39. The van der Waals surface area contributed by atoms with E-state index in [0.717, 1.165) is 16.0 Å². The van der Waals surface area contributed by atoms with Crippen LogP contribution < -0.4 is 16.0 Å². The molecule has 11 heteroatoms. The van der Waals surface area contributed by atoms with Gasteiger partial charge in [-0.15, -0.1) is 0 Å². The van der Waals surface area contributed by atoms with E-state index in [-0.39, 0.29) is 12.2 Å². The van der Waals surface area contributed by atoms with Crippen molar-refractivity contribution >= 4 is 28.8 Å². The van der Waals surface area contributed by atoms with Gasteiger partial charge in [-0.2, -0.15) is 0 Å². The van der Waals surface area contributed by atoms with E-state index in [2.05, 4.69) is 14.7 Å². The molecule has 0 saturated carbocycles. The van der Waals surface area contributed by atoms with Crippen molar-refractivity contribution in [3.63, 3.8) is 0 Å². The number of aryl methyl sites for hydroxylation is 1. The lowest BCUT2D eigenvalue weighted by Gasteiger charge is -2.09. The van der Waals surface area contributed by atoms with Crippen LogP contribution in [0.25, 0.3) is 11.2 Å². The van der Waals surface area contributed by atoms with Crippen molar-refractivity contribution in [1.29, 1.82) is 0 Å². The number of nitro groups is 1. The molecule has 0 atom stereocenters. The molecule has 0 amide bonds. The topological polar surface area (TPSA) is 128 Å². The highest BCUT2D eigenvalue weighted by Gasteiger charge is 2.13. The normalized spacial score (nSPS) is 11.2. The molecule has 2 N–H and O–H groups in total. The zero-order valence-electron chi connectivity index (χ0n) is 17.1. The van der Waals surface area contributed by atoms with Gasteiger partial charge in [0, 0.05) is 30.1 Å². The third kappa shape index (κ3) is 4.48. The molecule has 4 rings (SSSR count). The monoisotopic (exact) mass is 452 g/mol. The molecule has 32 heavy (non-hydrogen) atoms. The van der Waals surface area contributed by atoms with E-state index < -0.39 is 16.2 Å². The van der Waals surface area contributed by atoms with Crippen LogP contribution in [-0.4, -0.2) is 24.0 Å². The number of hydrogen-bond donors (Lipinski definition) is 2. The van der Waals surface area contributed by atoms with E-state index in [9.17, 15) is 19.7 Å². The number of rotatable bonds is 8. The first-order valence-electron chi connectivity index (χ1n) is 9.86. The molecular weight excluding hydrogens is 432 g/mol. The first-order chi connectivity index (χ1) is 15.5. The number of imidazole rings is 1. The van der Waals surface area contributed by atoms with Gasteiger partial charge in [0.1, 0.15) is 0 Å².